The Morgan fingerprint density at radius 3 is 2.33 bits per heavy atom. The van der Waals surface area contributed by atoms with Gasteiger partial charge in [-0.25, -0.2) is 4.98 Å². The predicted octanol–water partition coefficient (Wildman–Crippen LogP) is 4.06. The highest BCUT2D eigenvalue weighted by Gasteiger charge is 2.12. The molecule has 0 aliphatic carbocycles. The fourth-order valence-electron chi connectivity index (χ4n) is 2.63. The quantitative estimate of drug-likeness (QED) is 0.619. The Bertz CT molecular complexity index is 859. The van der Waals surface area contributed by atoms with Crippen LogP contribution < -0.4 is 9.64 Å². The van der Waals surface area contributed by atoms with Crippen LogP contribution in [0.15, 0.2) is 59.4 Å². The van der Waals surface area contributed by atoms with Crippen molar-refractivity contribution >= 4 is 22.9 Å². The average Bonchev–Trinajstić information content (AvgIpc) is 3.20. The minimum Gasteiger partial charge on any atom is -0.487 e. The maximum Gasteiger partial charge on any atom is 0.253 e. The molecule has 0 atom stereocenters. The first kappa shape index (κ1) is 18.9. The molecule has 0 aliphatic rings. The molecule has 140 valence electrons. The van der Waals surface area contributed by atoms with Gasteiger partial charge in [-0.1, -0.05) is 12.1 Å². The van der Waals surface area contributed by atoms with E-state index in [0.717, 1.165) is 22.7 Å². The average molecular weight is 382 g/mol. The van der Waals surface area contributed by atoms with Crippen LogP contribution in [-0.2, 0) is 13.2 Å². The topological polar surface area (TPSA) is 45.7 Å². The Balaban J connectivity index is 1.57. The molecule has 27 heavy (non-hydrogen) atoms. The van der Waals surface area contributed by atoms with Gasteiger partial charge < -0.3 is 14.5 Å². The summed E-state index contributed by atoms with van der Waals surface area (Å²) in [6, 6.07) is 15.4. The van der Waals surface area contributed by atoms with Gasteiger partial charge in [-0.05, 0) is 42.0 Å². The Kier molecular flexibility index (Phi) is 6.08. The maximum atomic E-state index is 12.6. The zero-order valence-electron chi connectivity index (χ0n) is 15.8. The minimum absolute atomic E-state index is 0.0160. The van der Waals surface area contributed by atoms with Crippen molar-refractivity contribution < 1.29 is 9.53 Å². The summed E-state index contributed by atoms with van der Waals surface area (Å²) >= 11 is 1.54. The van der Waals surface area contributed by atoms with Gasteiger partial charge in [0.1, 0.15) is 12.4 Å². The molecule has 0 N–H and O–H groups in total. The zero-order chi connectivity index (χ0) is 19.2. The SMILES string of the molecule is CN(Cc1ccc(N(C)C)cc1)C(=O)c1ccc(OCc2cscn2)cc1. The normalized spacial score (nSPS) is 10.5. The van der Waals surface area contributed by atoms with E-state index in [1.165, 1.54) is 0 Å². The first-order valence-electron chi connectivity index (χ1n) is 8.64. The second-order valence-electron chi connectivity index (χ2n) is 6.51. The molecule has 5 nitrogen and oxygen atoms in total. The number of aromatic nitrogens is 1. The Hall–Kier alpha value is -2.86. The van der Waals surface area contributed by atoms with Crippen LogP contribution in [0.25, 0.3) is 0 Å². The van der Waals surface area contributed by atoms with E-state index >= 15 is 0 Å². The van der Waals surface area contributed by atoms with Crippen molar-refractivity contribution in [1.29, 1.82) is 0 Å². The summed E-state index contributed by atoms with van der Waals surface area (Å²) in [7, 11) is 5.83. The number of hydrogen-bond donors (Lipinski definition) is 0. The zero-order valence-corrected chi connectivity index (χ0v) is 16.6. The number of anilines is 1. The first-order chi connectivity index (χ1) is 13.0. The van der Waals surface area contributed by atoms with Crippen LogP contribution in [0.2, 0.25) is 0 Å². The number of ether oxygens (including phenoxy) is 1. The van der Waals surface area contributed by atoms with E-state index in [-0.39, 0.29) is 5.91 Å². The second-order valence-corrected chi connectivity index (χ2v) is 7.23. The lowest BCUT2D eigenvalue weighted by atomic mass is 10.1. The van der Waals surface area contributed by atoms with Crippen molar-refractivity contribution in [2.45, 2.75) is 13.2 Å². The van der Waals surface area contributed by atoms with E-state index in [9.17, 15) is 4.79 Å². The smallest absolute Gasteiger partial charge is 0.253 e. The number of rotatable bonds is 7. The van der Waals surface area contributed by atoms with Crippen molar-refractivity contribution in [1.82, 2.24) is 9.88 Å². The second kappa shape index (κ2) is 8.68. The molecule has 1 heterocycles. The molecule has 6 heteroatoms. The molecule has 0 bridgehead atoms. The Morgan fingerprint density at radius 1 is 1.04 bits per heavy atom. The van der Waals surface area contributed by atoms with Crippen LogP contribution >= 0.6 is 11.3 Å². The molecule has 1 aromatic heterocycles. The van der Waals surface area contributed by atoms with Gasteiger partial charge in [0.05, 0.1) is 11.2 Å². The molecule has 0 aliphatic heterocycles. The maximum absolute atomic E-state index is 12.6. The van der Waals surface area contributed by atoms with Crippen molar-refractivity contribution in [3.05, 3.63) is 76.2 Å². The number of carbonyl (C=O) groups excluding carboxylic acids is 1. The summed E-state index contributed by atoms with van der Waals surface area (Å²) in [4.78, 5) is 20.6. The van der Waals surface area contributed by atoms with Gasteiger partial charge in [0.15, 0.2) is 0 Å². The molecule has 0 spiro atoms. The summed E-state index contributed by atoms with van der Waals surface area (Å²) in [5.41, 5.74) is 5.56. The van der Waals surface area contributed by atoms with E-state index in [1.54, 1.807) is 33.9 Å². The molecule has 0 radical (unpaired) electrons. The van der Waals surface area contributed by atoms with Gasteiger partial charge in [0, 0.05) is 44.3 Å². The molecule has 0 unspecified atom stereocenters. The van der Waals surface area contributed by atoms with Crippen LogP contribution in [0.3, 0.4) is 0 Å². The molecule has 3 rings (SSSR count). The molecule has 3 aromatic rings. The van der Waals surface area contributed by atoms with E-state index in [4.69, 9.17) is 4.74 Å². The monoisotopic (exact) mass is 381 g/mol. The Labute approximate surface area is 163 Å². The van der Waals surface area contributed by atoms with Crippen molar-refractivity contribution in [2.75, 3.05) is 26.0 Å². The fourth-order valence-corrected chi connectivity index (χ4v) is 3.17. The van der Waals surface area contributed by atoms with Gasteiger partial charge in [0.25, 0.3) is 5.91 Å². The van der Waals surface area contributed by atoms with E-state index in [2.05, 4.69) is 34.1 Å². The third-order valence-electron chi connectivity index (χ3n) is 4.19. The van der Waals surface area contributed by atoms with Crippen LogP contribution in [0, 0.1) is 0 Å². The molecule has 0 saturated carbocycles. The minimum atomic E-state index is -0.0160. The van der Waals surface area contributed by atoms with Crippen LogP contribution in [-0.4, -0.2) is 36.9 Å². The van der Waals surface area contributed by atoms with Gasteiger partial charge in [-0.3, -0.25) is 4.79 Å². The number of thiazole rings is 1. The molecular formula is C21H23N3O2S. The Morgan fingerprint density at radius 2 is 1.74 bits per heavy atom. The first-order valence-corrected chi connectivity index (χ1v) is 9.59. The van der Waals surface area contributed by atoms with E-state index in [1.807, 2.05) is 38.7 Å². The van der Waals surface area contributed by atoms with E-state index in [0.29, 0.717) is 18.7 Å². The number of benzene rings is 2. The highest BCUT2D eigenvalue weighted by Crippen LogP contribution is 2.17. The van der Waals surface area contributed by atoms with Crippen molar-refractivity contribution in [3.63, 3.8) is 0 Å². The van der Waals surface area contributed by atoms with E-state index < -0.39 is 0 Å². The van der Waals surface area contributed by atoms with Crippen LogP contribution in [0.4, 0.5) is 5.69 Å². The molecule has 0 saturated heterocycles. The number of carbonyl (C=O) groups is 1. The van der Waals surface area contributed by atoms with Crippen molar-refractivity contribution in [2.24, 2.45) is 0 Å². The van der Waals surface area contributed by atoms with Crippen LogP contribution in [0.1, 0.15) is 21.6 Å². The highest BCUT2D eigenvalue weighted by atomic mass is 32.1. The lowest BCUT2D eigenvalue weighted by Crippen LogP contribution is -2.26. The fraction of sp³-hybridized carbons (Fsp3) is 0.238. The summed E-state index contributed by atoms with van der Waals surface area (Å²) < 4.78 is 5.69. The lowest BCUT2D eigenvalue weighted by Gasteiger charge is -2.18. The molecule has 1 amide bonds. The lowest BCUT2D eigenvalue weighted by molar-refractivity contribution is 0.0785. The molecular weight excluding hydrogens is 358 g/mol. The molecule has 0 fully saturated rings. The largest absolute Gasteiger partial charge is 0.487 e. The van der Waals surface area contributed by atoms with Gasteiger partial charge in [0.2, 0.25) is 0 Å². The van der Waals surface area contributed by atoms with Crippen molar-refractivity contribution in [3.8, 4) is 5.75 Å². The van der Waals surface area contributed by atoms with Gasteiger partial charge in [-0.15, -0.1) is 11.3 Å². The summed E-state index contributed by atoms with van der Waals surface area (Å²) in [5, 5.41) is 1.96. The van der Waals surface area contributed by atoms with Gasteiger partial charge in [-0.2, -0.15) is 0 Å². The number of nitrogens with zero attached hydrogens (tertiary/aromatic N) is 3. The summed E-state index contributed by atoms with van der Waals surface area (Å²) in [5.74, 6) is 0.708. The standard InChI is InChI=1S/C21H23N3O2S/c1-23(2)19-8-4-16(5-9-19)12-24(3)21(25)17-6-10-20(11-7-17)26-13-18-14-27-15-22-18/h4-11,14-15H,12-13H2,1-3H3. The summed E-state index contributed by atoms with van der Waals surface area (Å²) in [6.45, 7) is 0.994. The van der Waals surface area contributed by atoms with Gasteiger partial charge >= 0.3 is 0 Å². The highest BCUT2D eigenvalue weighted by molar-refractivity contribution is 7.07. The van der Waals surface area contributed by atoms with Crippen LogP contribution in [0.5, 0.6) is 5.75 Å². The molecule has 2 aromatic carbocycles. The number of hydrogen-bond acceptors (Lipinski definition) is 5. The number of amides is 1. The third kappa shape index (κ3) is 5.08. The predicted molar refractivity (Wildman–Crippen MR) is 109 cm³/mol. The third-order valence-corrected chi connectivity index (χ3v) is 4.83. The summed E-state index contributed by atoms with van der Waals surface area (Å²) in [6.07, 6.45) is 0.